The summed E-state index contributed by atoms with van der Waals surface area (Å²) < 4.78 is 0. The van der Waals surface area contributed by atoms with Gasteiger partial charge in [-0.3, -0.25) is 0 Å². The van der Waals surface area contributed by atoms with Crippen LogP contribution < -0.4 is 5.32 Å². The molecule has 0 aliphatic rings. The van der Waals surface area contributed by atoms with Gasteiger partial charge in [-0.25, -0.2) is 0 Å². The third kappa shape index (κ3) is 3.40. The summed E-state index contributed by atoms with van der Waals surface area (Å²) in [5.41, 5.74) is 2.66. The first kappa shape index (κ1) is 12.8. The van der Waals surface area contributed by atoms with E-state index in [1.807, 2.05) is 0 Å². The monoisotopic (exact) mass is 215 g/mol. The molecule has 0 amide bonds. The maximum absolute atomic E-state index is 5.39. The Kier molecular flexibility index (Phi) is 5.08. The Hall–Kier alpha value is -1.26. The van der Waals surface area contributed by atoms with Gasteiger partial charge in [-0.1, -0.05) is 45.0 Å². The van der Waals surface area contributed by atoms with E-state index in [0.29, 0.717) is 5.92 Å². The first-order valence-corrected chi connectivity index (χ1v) is 5.95. The van der Waals surface area contributed by atoms with E-state index >= 15 is 0 Å². The molecule has 86 valence electrons. The second-order valence-electron chi connectivity index (χ2n) is 4.34. The van der Waals surface area contributed by atoms with Crippen LogP contribution >= 0.6 is 0 Å². The average molecular weight is 215 g/mol. The van der Waals surface area contributed by atoms with Gasteiger partial charge in [-0.05, 0) is 23.6 Å². The predicted molar refractivity (Wildman–Crippen MR) is 70.4 cm³/mol. The van der Waals surface area contributed by atoms with Gasteiger partial charge in [-0.2, -0.15) is 0 Å². The van der Waals surface area contributed by atoms with Crippen molar-refractivity contribution >= 4 is 0 Å². The molecule has 1 rings (SSSR count). The van der Waals surface area contributed by atoms with Gasteiger partial charge in [0.2, 0.25) is 0 Å². The molecule has 0 fully saturated rings. The number of hydrogen-bond acceptors (Lipinski definition) is 1. The number of nitrogens with one attached hydrogen (secondary N) is 1. The van der Waals surface area contributed by atoms with E-state index in [4.69, 9.17) is 6.42 Å². The first-order chi connectivity index (χ1) is 7.69. The second kappa shape index (κ2) is 6.35. The molecule has 1 aromatic rings. The lowest BCUT2D eigenvalue weighted by atomic mass is 9.98. The maximum Gasteiger partial charge on any atom is 0.0430 e. The Balaban J connectivity index is 2.81. The van der Waals surface area contributed by atoms with Gasteiger partial charge in [0.25, 0.3) is 0 Å². The molecule has 0 aliphatic carbocycles. The van der Waals surface area contributed by atoms with E-state index in [0.717, 1.165) is 13.0 Å². The van der Waals surface area contributed by atoms with Crippen molar-refractivity contribution in [1.29, 1.82) is 0 Å². The average Bonchev–Trinajstić information content (AvgIpc) is 2.29. The van der Waals surface area contributed by atoms with Crippen LogP contribution in [0.4, 0.5) is 0 Å². The topological polar surface area (TPSA) is 12.0 Å². The van der Waals surface area contributed by atoms with Crippen molar-refractivity contribution in [2.45, 2.75) is 39.2 Å². The summed E-state index contributed by atoms with van der Waals surface area (Å²) in [7, 11) is 0. The highest BCUT2D eigenvalue weighted by molar-refractivity contribution is 5.27. The molecule has 1 nitrogen and oxygen atoms in total. The Morgan fingerprint density at radius 3 is 2.19 bits per heavy atom. The molecule has 1 N–H and O–H groups in total. The number of terminal acetylenes is 1. The lowest BCUT2D eigenvalue weighted by Crippen LogP contribution is -2.20. The first-order valence-electron chi connectivity index (χ1n) is 5.95. The van der Waals surface area contributed by atoms with Crippen LogP contribution in [0.3, 0.4) is 0 Å². The summed E-state index contributed by atoms with van der Waals surface area (Å²) in [6.07, 6.45) is 6.13. The largest absolute Gasteiger partial charge is 0.309 e. The van der Waals surface area contributed by atoms with Crippen LogP contribution in [0.5, 0.6) is 0 Å². The molecule has 1 aromatic carbocycles. The number of hydrogen-bond donors (Lipinski definition) is 1. The lowest BCUT2D eigenvalue weighted by molar-refractivity contribution is 0.565. The summed E-state index contributed by atoms with van der Waals surface area (Å²) >= 11 is 0. The molecule has 1 unspecified atom stereocenters. The van der Waals surface area contributed by atoms with Crippen LogP contribution in [0.25, 0.3) is 0 Å². The quantitative estimate of drug-likeness (QED) is 0.741. The van der Waals surface area contributed by atoms with Crippen molar-refractivity contribution in [2.24, 2.45) is 0 Å². The maximum atomic E-state index is 5.39. The van der Waals surface area contributed by atoms with E-state index in [2.05, 4.69) is 56.3 Å². The van der Waals surface area contributed by atoms with Gasteiger partial charge in [-0.15, -0.1) is 12.3 Å². The van der Waals surface area contributed by atoms with Crippen molar-refractivity contribution < 1.29 is 0 Å². The molecule has 0 aliphatic heterocycles. The Morgan fingerprint density at radius 1 is 1.19 bits per heavy atom. The Labute approximate surface area is 99.3 Å². The van der Waals surface area contributed by atoms with Gasteiger partial charge in [0.1, 0.15) is 0 Å². The third-order valence-corrected chi connectivity index (χ3v) is 2.78. The van der Waals surface area contributed by atoms with Crippen molar-refractivity contribution in [3.8, 4) is 12.3 Å². The molecular weight excluding hydrogens is 194 g/mol. The van der Waals surface area contributed by atoms with E-state index < -0.39 is 0 Å². The highest BCUT2D eigenvalue weighted by atomic mass is 14.9. The molecule has 0 saturated heterocycles. The fourth-order valence-electron chi connectivity index (χ4n) is 1.79. The minimum absolute atomic E-state index is 0.288. The van der Waals surface area contributed by atoms with E-state index in [-0.39, 0.29) is 6.04 Å². The molecule has 1 atom stereocenters. The van der Waals surface area contributed by atoms with Crippen molar-refractivity contribution in [3.05, 3.63) is 35.4 Å². The van der Waals surface area contributed by atoms with Crippen LogP contribution in [0.15, 0.2) is 24.3 Å². The molecular formula is C15H21N. The van der Waals surface area contributed by atoms with E-state index in [9.17, 15) is 0 Å². The van der Waals surface area contributed by atoms with Crippen LogP contribution in [0.1, 0.15) is 50.3 Å². The van der Waals surface area contributed by atoms with Crippen LogP contribution in [-0.4, -0.2) is 6.54 Å². The minimum atomic E-state index is 0.288. The van der Waals surface area contributed by atoms with Gasteiger partial charge in [0, 0.05) is 12.5 Å². The van der Waals surface area contributed by atoms with Crippen LogP contribution in [0, 0.1) is 12.3 Å². The number of benzene rings is 1. The van der Waals surface area contributed by atoms with Crippen LogP contribution in [0.2, 0.25) is 0 Å². The number of rotatable bonds is 5. The third-order valence-electron chi connectivity index (χ3n) is 2.78. The zero-order valence-electron chi connectivity index (χ0n) is 10.5. The van der Waals surface area contributed by atoms with Crippen molar-refractivity contribution in [1.82, 2.24) is 5.32 Å². The fourth-order valence-corrected chi connectivity index (χ4v) is 1.79. The fraction of sp³-hybridized carbons (Fsp3) is 0.467. The molecule has 0 heterocycles. The normalized spacial score (nSPS) is 12.4. The molecule has 16 heavy (non-hydrogen) atoms. The van der Waals surface area contributed by atoms with Gasteiger partial charge in [0.05, 0.1) is 0 Å². The minimum Gasteiger partial charge on any atom is -0.309 e. The lowest BCUT2D eigenvalue weighted by Gasteiger charge is -2.16. The predicted octanol–water partition coefficient (Wildman–Crippen LogP) is 3.48. The Morgan fingerprint density at radius 2 is 1.75 bits per heavy atom. The molecule has 0 bridgehead atoms. The zero-order chi connectivity index (χ0) is 12.0. The summed E-state index contributed by atoms with van der Waals surface area (Å²) in [6, 6.07) is 9.04. The molecule has 0 saturated carbocycles. The van der Waals surface area contributed by atoms with Gasteiger partial charge < -0.3 is 5.32 Å². The summed E-state index contributed by atoms with van der Waals surface area (Å²) in [4.78, 5) is 0. The Bertz CT molecular complexity index is 343. The van der Waals surface area contributed by atoms with Gasteiger partial charge >= 0.3 is 0 Å². The summed E-state index contributed by atoms with van der Waals surface area (Å²) in [6.45, 7) is 7.46. The molecule has 0 radical (unpaired) electrons. The molecule has 0 spiro atoms. The van der Waals surface area contributed by atoms with Crippen molar-refractivity contribution in [3.63, 3.8) is 0 Å². The van der Waals surface area contributed by atoms with Gasteiger partial charge in [0.15, 0.2) is 0 Å². The summed E-state index contributed by atoms with van der Waals surface area (Å²) in [5, 5.41) is 3.41. The smallest absolute Gasteiger partial charge is 0.0430 e. The zero-order valence-corrected chi connectivity index (χ0v) is 10.5. The van der Waals surface area contributed by atoms with E-state index in [1.54, 1.807) is 0 Å². The standard InChI is InChI=1S/C15H21N/c1-5-7-15(16-6-2)14-10-8-13(9-11-14)12(3)4/h1,8-12,15-16H,6-7H2,2-4H3. The SMILES string of the molecule is C#CCC(NCC)c1ccc(C(C)C)cc1. The summed E-state index contributed by atoms with van der Waals surface area (Å²) in [5.74, 6) is 3.31. The van der Waals surface area contributed by atoms with E-state index in [1.165, 1.54) is 11.1 Å². The highest BCUT2D eigenvalue weighted by Gasteiger charge is 2.08. The van der Waals surface area contributed by atoms with Crippen molar-refractivity contribution in [2.75, 3.05) is 6.54 Å². The molecule has 1 heteroatoms. The highest BCUT2D eigenvalue weighted by Crippen LogP contribution is 2.20. The molecule has 0 aromatic heterocycles. The van der Waals surface area contributed by atoms with Crippen LogP contribution in [-0.2, 0) is 0 Å². The second-order valence-corrected chi connectivity index (χ2v) is 4.34.